The summed E-state index contributed by atoms with van der Waals surface area (Å²) in [4.78, 5) is 0. The minimum atomic E-state index is 0.834. The van der Waals surface area contributed by atoms with Gasteiger partial charge in [0.2, 0.25) is 0 Å². The quantitative estimate of drug-likeness (QED) is 0.732. The predicted octanol–water partition coefficient (Wildman–Crippen LogP) is 2.43. The van der Waals surface area contributed by atoms with Gasteiger partial charge in [-0.15, -0.1) is 0 Å². The van der Waals surface area contributed by atoms with Crippen LogP contribution < -0.4 is 5.32 Å². The number of nitrogens with one attached hydrogen (secondary N) is 1. The second-order valence-corrected chi connectivity index (χ2v) is 6.03. The van der Waals surface area contributed by atoms with E-state index in [-0.39, 0.29) is 0 Å². The van der Waals surface area contributed by atoms with Crippen LogP contribution in [0, 0.1) is 0 Å². The molecule has 2 rings (SSSR count). The molecule has 2 aliphatic rings. The van der Waals surface area contributed by atoms with Crippen LogP contribution in [0.3, 0.4) is 0 Å². The first-order valence-corrected chi connectivity index (χ1v) is 7.43. The first-order valence-electron chi connectivity index (χ1n) is 6.38. The molecular formula is C12H23NOS. The fraction of sp³-hybridized carbons (Fsp3) is 1.00. The maximum atomic E-state index is 5.36. The average Bonchev–Trinajstić information content (AvgIpc) is 2.79. The van der Waals surface area contributed by atoms with Gasteiger partial charge in [0.25, 0.3) is 0 Å². The Balaban J connectivity index is 1.47. The Hall–Kier alpha value is 0.270. The predicted molar refractivity (Wildman–Crippen MR) is 66.6 cm³/mol. The van der Waals surface area contributed by atoms with Gasteiger partial charge in [-0.3, -0.25) is 0 Å². The average molecular weight is 229 g/mol. The number of hydrogen-bond donors (Lipinski definition) is 1. The molecule has 0 bridgehead atoms. The molecule has 0 radical (unpaired) electrons. The molecule has 0 aromatic rings. The summed E-state index contributed by atoms with van der Waals surface area (Å²) in [6.07, 6.45) is 8.11. The van der Waals surface area contributed by atoms with Gasteiger partial charge in [-0.05, 0) is 50.8 Å². The molecule has 1 N–H and O–H groups in total. The number of rotatable bonds is 5. The summed E-state index contributed by atoms with van der Waals surface area (Å²) in [6, 6.07) is 0.834. The fourth-order valence-corrected chi connectivity index (χ4v) is 3.62. The molecule has 0 spiro atoms. The van der Waals surface area contributed by atoms with Crippen molar-refractivity contribution in [1.82, 2.24) is 5.32 Å². The third kappa shape index (κ3) is 4.33. The van der Waals surface area contributed by atoms with Crippen molar-refractivity contribution in [2.24, 2.45) is 0 Å². The largest absolute Gasteiger partial charge is 0.381 e. The van der Waals surface area contributed by atoms with Gasteiger partial charge < -0.3 is 10.1 Å². The topological polar surface area (TPSA) is 21.3 Å². The number of thioether (sulfide) groups is 1. The maximum Gasteiger partial charge on any atom is 0.0476 e. The molecule has 1 unspecified atom stereocenters. The highest BCUT2D eigenvalue weighted by Gasteiger charge is 2.15. The highest BCUT2D eigenvalue weighted by Crippen LogP contribution is 2.23. The zero-order valence-corrected chi connectivity index (χ0v) is 10.4. The van der Waals surface area contributed by atoms with Crippen molar-refractivity contribution in [2.45, 2.75) is 49.8 Å². The van der Waals surface area contributed by atoms with Gasteiger partial charge in [0.1, 0.15) is 0 Å². The van der Waals surface area contributed by atoms with E-state index in [4.69, 9.17) is 4.74 Å². The normalized spacial score (nSPS) is 28.4. The van der Waals surface area contributed by atoms with Gasteiger partial charge in [-0.25, -0.2) is 0 Å². The van der Waals surface area contributed by atoms with Gasteiger partial charge in [-0.1, -0.05) is 0 Å². The molecule has 0 saturated carbocycles. The van der Waals surface area contributed by atoms with Crippen LogP contribution in [0.1, 0.15) is 38.5 Å². The minimum Gasteiger partial charge on any atom is -0.381 e. The van der Waals surface area contributed by atoms with Crippen LogP contribution >= 0.6 is 11.8 Å². The van der Waals surface area contributed by atoms with Gasteiger partial charge in [0, 0.05) is 24.5 Å². The Kier molecular flexibility index (Phi) is 5.30. The molecule has 1 atom stereocenters. The van der Waals surface area contributed by atoms with E-state index in [1.165, 1.54) is 50.8 Å². The van der Waals surface area contributed by atoms with Crippen molar-refractivity contribution >= 4 is 11.8 Å². The van der Waals surface area contributed by atoms with E-state index in [1.54, 1.807) is 0 Å². The van der Waals surface area contributed by atoms with E-state index in [0.29, 0.717) is 0 Å². The van der Waals surface area contributed by atoms with E-state index >= 15 is 0 Å². The molecule has 2 nitrogen and oxygen atoms in total. The molecule has 2 fully saturated rings. The van der Waals surface area contributed by atoms with Crippen molar-refractivity contribution in [3.05, 3.63) is 0 Å². The Bertz CT molecular complexity index is 165. The second-order valence-electron chi connectivity index (χ2n) is 4.62. The van der Waals surface area contributed by atoms with Crippen molar-refractivity contribution in [3.8, 4) is 0 Å². The third-order valence-electron chi connectivity index (χ3n) is 3.38. The molecule has 3 heteroatoms. The molecule has 88 valence electrons. The lowest BCUT2D eigenvalue weighted by Gasteiger charge is -2.21. The molecule has 2 saturated heterocycles. The molecule has 0 amide bonds. The van der Waals surface area contributed by atoms with Crippen LogP contribution in [0.2, 0.25) is 0 Å². The molecule has 2 heterocycles. The van der Waals surface area contributed by atoms with E-state index in [0.717, 1.165) is 24.5 Å². The van der Waals surface area contributed by atoms with Crippen LogP contribution in [0.25, 0.3) is 0 Å². The summed E-state index contributed by atoms with van der Waals surface area (Å²) in [5, 5.41) is 4.45. The van der Waals surface area contributed by atoms with Crippen molar-refractivity contribution in [2.75, 3.05) is 25.5 Å². The van der Waals surface area contributed by atoms with E-state index in [9.17, 15) is 0 Å². The molecule has 0 aromatic heterocycles. The first-order chi connectivity index (χ1) is 7.45. The van der Waals surface area contributed by atoms with Crippen LogP contribution in [0.4, 0.5) is 0 Å². The molecular weight excluding hydrogens is 206 g/mol. The first kappa shape index (κ1) is 11.7. The van der Waals surface area contributed by atoms with Gasteiger partial charge >= 0.3 is 0 Å². The summed E-state index contributed by atoms with van der Waals surface area (Å²) >= 11 is 2.17. The lowest BCUT2D eigenvalue weighted by molar-refractivity contribution is 0.100. The summed E-state index contributed by atoms with van der Waals surface area (Å²) in [5.41, 5.74) is 0. The van der Waals surface area contributed by atoms with Crippen LogP contribution in [0.15, 0.2) is 0 Å². The van der Waals surface area contributed by atoms with Crippen LogP contribution in [-0.2, 0) is 4.74 Å². The second kappa shape index (κ2) is 6.77. The lowest BCUT2D eigenvalue weighted by Crippen LogP contribution is -2.21. The zero-order chi connectivity index (χ0) is 10.3. The summed E-state index contributed by atoms with van der Waals surface area (Å²) in [7, 11) is 0. The fourth-order valence-electron chi connectivity index (χ4n) is 2.43. The number of ether oxygens (including phenoxy) is 1. The van der Waals surface area contributed by atoms with Crippen molar-refractivity contribution in [1.29, 1.82) is 0 Å². The molecule has 2 aliphatic heterocycles. The van der Waals surface area contributed by atoms with Gasteiger partial charge in [-0.2, -0.15) is 11.8 Å². The van der Waals surface area contributed by atoms with Gasteiger partial charge in [0.05, 0.1) is 0 Å². The standard InChI is InChI=1S/C12H23NOS/c1-3-11(13-7-1)4-2-10-15-12-5-8-14-9-6-12/h11-13H,1-10H2. The van der Waals surface area contributed by atoms with E-state index in [1.807, 2.05) is 0 Å². The zero-order valence-electron chi connectivity index (χ0n) is 9.54. The Morgan fingerprint density at radius 2 is 2.07 bits per heavy atom. The Morgan fingerprint density at radius 1 is 1.20 bits per heavy atom. The Labute approximate surface area is 97.5 Å². The highest BCUT2D eigenvalue weighted by atomic mass is 32.2. The third-order valence-corrected chi connectivity index (χ3v) is 4.85. The highest BCUT2D eigenvalue weighted by molar-refractivity contribution is 7.99. The number of hydrogen-bond acceptors (Lipinski definition) is 3. The SMILES string of the molecule is C1CNC(CCCSC2CCOCC2)C1. The van der Waals surface area contributed by atoms with Crippen molar-refractivity contribution in [3.63, 3.8) is 0 Å². The summed E-state index contributed by atoms with van der Waals surface area (Å²) in [6.45, 7) is 3.22. The summed E-state index contributed by atoms with van der Waals surface area (Å²) in [5.74, 6) is 1.35. The minimum absolute atomic E-state index is 0.834. The van der Waals surface area contributed by atoms with E-state index in [2.05, 4.69) is 17.1 Å². The summed E-state index contributed by atoms with van der Waals surface area (Å²) < 4.78 is 5.36. The molecule has 0 aromatic carbocycles. The maximum absolute atomic E-state index is 5.36. The lowest BCUT2D eigenvalue weighted by atomic mass is 10.1. The molecule has 15 heavy (non-hydrogen) atoms. The van der Waals surface area contributed by atoms with E-state index < -0.39 is 0 Å². The van der Waals surface area contributed by atoms with Gasteiger partial charge in [0.15, 0.2) is 0 Å². The molecule has 0 aliphatic carbocycles. The van der Waals surface area contributed by atoms with Crippen LogP contribution in [-0.4, -0.2) is 36.8 Å². The smallest absolute Gasteiger partial charge is 0.0476 e. The monoisotopic (exact) mass is 229 g/mol. The Morgan fingerprint density at radius 3 is 2.80 bits per heavy atom. The van der Waals surface area contributed by atoms with Crippen LogP contribution in [0.5, 0.6) is 0 Å². The van der Waals surface area contributed by atoms with Crippen molar-refractivity contribution < 1.29 is 4.74 Å².